The molecule has 1 aromatic heterocycles. The van der Waals surface area contributed by atoms with Gasteiger partial charge in [0.15, 0.2) is 0 Å². The Hall–Kier alpha value is -0.960. The van der Waals surface area contributed by atoms with E-state index in [-0.39, 0.29) is 11.9 Å². The average molecular weight is 236 g/mol. The van der Waals surface area contributed by atoms with Crippen LogP contribution >= 0.6 is 0 Å². The monoisotopic (exact) mass is 236 g/mol. The molecule has 1 aliphatic carbocycles. The van der Waals surface area contributed by atoms with E-state index in [1.54, 1.807) is 12.3 Å². The molecule has 1 aliphatic rings. The number of rotatable bonds is 3. The van der Waals surface area contributed by atoms with Crippen LogP contribution in [0.4, 0.5) is 4.39 Å². The van der Waals surface area contributed by atoms with Crippen LogP contribution in [0.3, 0.4) is 0 Å². The van der Waals surface area contributed by atoms with Gasteiger partial charge in [-0.15, -0.1) is 0 Å². The van der Waals surface area contributed by atoms with Crippen molar-refractivity contribution in [2.45, 2.75) is 51.6 Å². The minimum absolute atomic E-state index is 0.177. The summed E-state index contributed by atoms with van der Waals surface area (Å²) in [7, 11) is 0. The highest BCUT2D eigenvalue weighted by atomic mass is 19.1. The third-order valence-electron chi connectivity index (χ3n) is 3.73. The van der Waals surface area contributed by atoms with Crippen molar-refractivity contribution < 1.29 is 4.39 Å². The lowest BCUT2D eigenvalue weighted by Gasteiger charge is -2.29. The first-order valence-electron chi connectivity index (χ1n) is 6.51. The van der Waals surface area contributed by atoms with Gasteiger partial charge in [-0.1, -0.05) is 6.92 Å². The molecule has 0 bridgehead atoms. The highest BCUT2D eigenvalue weighted by Crippen LogP contribution is 2.25. The number of nitrogens with one attached hydrogen (secondary N) is 1. The fraction of sp³-hybridized carbons (Fsp3) is 0.643. The van der Waals surface area contributed by atoms with Crippen LogP contribution in [0.2, 0.25) is 0 Å². The maximum atomic E-state index is 13.1. The Kier molecular flexibility index (Phi) is 4.11. The van der Waals surface area contributed by atoms with Crippen molar-refractivity contribution in [1.82, 2.24) is 10.3 Å². The SMILES string of the molecule is CC1CCC(NC(C)c2cncc(F)c2)CC1. The predicted octanol–water partition coefficient (Wildman–Crippen LogP) is 3.45. The van der Waals surface area contributed by atoms with Crippen molar-refractivity contribution in [2.75, 3.05) is 0 Å². The number of hydrogen-bond donors (Lipinski definition) is 1. The lowest BCUT2D eigenvalue weighted by atomic mass is 9.87. The molecule has 2 nitrogen and oxygen atoms in total. The van der Waals surface area contributed by atoms with E-state index in [2.05, 4.69) is 24.1 Å². The molecule has 0 radical (unpaired) electrons. The largest absolute Gasteiger partial charge is 0.307 e. The first-order chi connectivity index (χ1) is 8.15. The maximum Gasteiger partial charge on any atom is 0.141 e. The van der Waals surface area contributed by atoms with E-state index in [1.165, 1.54) is 31.9 Å². The molecule has 94 valence electrons. The molecule has 2 rings (SSSR count). The Labute approximate surface area is 103 Å². The summed E-state index contributed by atoms with van der Waals surface area (Å²) in [6.07, 6.45) is 8.05. The van der Waals surface area contributed by atoms with Crippen molar-refractivity contribution >= 4 is 0 Å². The van der Waals surface area contributed by atoms with E-state index in [1.807, 2.05) is 0 Å². The molecule has 0 aromatic carbocycles. The third-order valence-corrected chi connectivity index (χ3v) is 3.73. The van der Waals surface area contributed by atoms with E-state index >= 15 is 0 Å². The second kappa shape index (κ2) is 5.58. The van der Waals surface area contributed by atoms with Gasteiger partial charge in [0.1, 0.15) is 5.82 Å². The van der Waals surface area contributed by atoms with E-state index in [9.17, 15) is 4.39 Å². The normalized spacial score (nSPS) is 26.8. The molecule has 17 heavy (non-hydrogen) atoms. The molecule has 1 saturated carbocycles. The fourth-order valence-electron chi connectivity index (χ4n) is 2.54. The molecular formula is C14H21FN2. The zero-order chi connectivity index (χ0) is 12.3. The Morgan fingerprint density at radius 3 is 2.65 bits per heavy atom. The average Bonchev–Trinajstić information content (AvgIpc) is 2.32. The lowest BCUT2D eigenvalue weighted by molar-refractivity contribution is 0.291. The molecule has 0 aliphatic heterocycles. The first-order valence-corrected chi connectivity index (χ1v) is 6.51. The minimum Gasteiger partial charge on any atom is -0.307 e. The van der Waals surface area contributed by atoms with Gasteiger partial charge < -0.3 is 5.32 Å². The Bertz CT molecular complexity index is 359. The molecule has 0 spiro atoms. The van der Waals surface area contributed by atoms with Gasteiger partial charge in [0.05, 0.1) is 6.20 Å². The van der Waals surface area contributed by atoms with Crippen LogP contribution in [0.5, 0.6) is 0 Å². The molecule has 1 N–H and O–H groups in total. The molecule has 1 heterocycles. The molecule has 1 fully saturated rings. The topological polar surface area (TPSA) is 24.9 Å². The quantitative estimate of drug-likeness (QED) is 0.869. The predicted molar refractivity (Wildman–Crippen MR) is 67.2 cm³/mol. The summed E-state index contributed by atoms with van der Waals surface area (Å²) in [5.41, 5.74) is 0.934. The fourth-order valence-corrected chi connectivity index (χ4v) is 2.54. The smallest absolute Gasteiger partial charge is 0.141 e. The Morgan fingerprint density at radius 1 is 1.29 bits per heavy atom. The first kappa shape index (κ1) is 12.5. The van der Waals surface area contributed by atoms with E-state index in [0.717, 1.165) is 11.5 Å². The summed E-state index contributed by atoms with van der Waals surface area (Å²) in [6.45, 7) is 4.39. The van der Waals surface area contributed by atoms with Crippen molar-refractivity contribution in [2.24, 2.45) is 5.92 Å². The van der Waals surface area contributed by atoms with Crippen molar-refractivity contribution in [3.05, 3.63) is 29.8 Å². The van der Waals surface area contributed by atoms with Crippen LogP contribution in [0.15, 0.2) is 18.5 Å². The van der Waals surface area contributed by atoms with Gasteiger partial charge in [0.2, 0.25) is 0 Å². The number of pyridine rings is 1. The maximum absolute atomic E-state index is 13.1. The zero-order valence-corrected chi connectivity index (χ0v) is 10.6. The van der Waals surface area contributed by atoms with Gasteiger partial charge in [-0.2, -0.15) is 0 Å². The van der Waals surface area contributed by atoms with Crippen molar-refractivity contribution in [3.8, 4) is 0 Å². The van der Waals surface area contributed by atoms with Crippen LogP contribution in [0, 0.1) is 11.7 Å². The van der Waals surface area contributed by atoms with Gasteiger partial charge in [-0.3, -0.25) is 4.98 Å². The van der Waals surface area contributed by atoms with Gasteiger partial charge in [0.25, 0.3) is 0 Å². The van der Waals surface area contributed by atoms with E-state index in [0.29, 0.717) is 6.04 Å². The summed E-state index contributed by atoms with van der Waals surface area (Å²) < 4.78 is 13.1. The summed E-state index contributed by atoms with van der Waals surface area (Å²) in [4.78, 5) is 3.90. The van der Waals surface area contributed by atoms with E-state index in [4.69, 9.17) is 0 Å². The molecular weight excluding hydrogens is 215 g/mol. The van der Waals surface area contributed by atoms with Crippen molar-refractivity contribution in [1.29, 1.82) is 0 Å². The van der Waals surface area contributed by atoms with Gasteiger partial charge in [0, 0.05) is 18.3 Å². The molecule has 1 atom stereocenters. The second-order valence-corrected chi connectivity index (χ2v) is 5.28. The van der Waals surface area contributed by atoms with Crippen molar-refractivity contribution in [3.63, 3.8) is 0 Å². The van der Waals surface area contributed by atoms with Gasteiger partial charge in [-0.05, 0) is 50.2 Å². The summed E-state index contributed by atoms with van der Waals surface area (Å²) in [5.74, 6) is 0.604. The summed E-state index contributed by atoms with van der Waals surface area (Å²) in [5, 5.41) is 3.58. The Morgan fingerprint density at radius 2 is 2.00 bits per heavy atom. The second-order valence-electron chi connectivity index (χ2n) is 5.28. The molecule has 1 aromatic rings. The molecule has 0 saturated heterocycles. The van der Waals surface area contributed by atoms with Crippen LogP contribution in [-0.4, -0.2) is 11.0 Å². The molecule has 3 heteroatoms. The Balaban J connectivity index is 1.90. The van der Waals surface area contributed by atoms with Gasteiger partial charge in [-0.25, -0.2) is 4.39 Å². The summed E-state index contributed by atoms with van der Waals surface area (Å²) in [6, 6.07) is 2.32. The number of halogens is 1. The number of nitrogens with zero attached hydrogens (tertiary/aromatic N) is 1. The number of aromatic nitrogens is 1. The third kappa shape index (κ3) is 3.50. The van der Waals surface area contributed by atoms with Gasteiger partial charge >= 0.3 is 0 Å². The highest BCUT2D eigenvalue weighted by Gasteiger charge is 2.20. The van der Waals surface area contributed by atoms with Crippen LogP contribution < -0.4 is 5.32 Å². The van der Waals surface area contributed by atoms with Crippen LogP contribution in [-0.2, 0) is 0 Å². The highest BCUT2D eigenvalue weighted by molar-refractivity contribution is 5.14. The summed E-state index contributed by atoms with van der Waals surface area (Å²) >= 11 is 0. The molecule has 0 amide bonds. The van der Waals surface area contributed by atoms with Crippen LogP contribution in [0.25, 0.3) is 0 Å². The minimum atomic E-state index is -0.256. The lowest BCUT2D eigenvalue weighted by Crippen LogP contribution is -2.34. The number of hydrogen-bond acceptors (Lipinski definition) is 2. The zero-order valence-electron chi connectivity index (χ0n) is 10.6. The van der Waals surface area contributed by atoms with Crippen LogP contribution in [0.1, 0.15) is 51.1 Å². The van der Waals surface area contributed by atoms with E-state index < -0.39 is 0 Å². The molecule has 1 unspecified atom stereocenters. The standard InChI is InChI=1S/C14H21FN2/c1-10-3-5-14(6-4-10)17-11(2)12-7-13(15)9-16-8-12/h7-11,14,17H,3-6H2,1-2H3.